The van der Waals surface area contributed by atoms with Gasteiger partial charge >= 0.3 is 0 Å². The fraction of sp³-hybridized carbons (Fsp3) is 0.200. The number of carbonyl (C=O) groups excluding carboxylic acids is 2. The number of Topliss-reactive ketones (excluding diaryl/α,β-unsaturated/α-hetero) is 1. The number of nitrogens with zero attached hydrogens (tertiary/aromatic N) is 2. The summed E-state index contributed by atoms with van der Waals surface area (Å²) in [5.74, 6) is -1.58. The van der Waals surface area contributed by atoms with Crippen molar-refractivity contribution in [1.82, 2.24) is 4.98 Å². The van der Waals surface area contributed by atoms with E-state index in [2.05, 4.69) is 4.98 Å². The summed E-state index contributed by atoms with van der Waals surface area (Å²) in [4.78, 5) is 45.4. The molecule has 1 aliphatic rings. The predicted octanol–water partition coefficient (Wildman–Crippen LogP) is 4.75. The lowest BCUT2D eigenvalue weighted by atomic mass is 9.98. The fourth-order valence-electron chi connectivity index (χ4n) is 4.24. The van der Waals surface area contributed by atoms with Crippen molar-refractivity contribution in [2.75, 3.05) is 11.5 Å². The van der Waals surface area contributed by atoms with Crippen LogP contribution in [0.5, 0.6) is 11.5 Å². The molecule has 0 bridgehead atoms. The Bertz CT molecular complexity index is 1590. The number of hydrogen-bond acceptors (Lipinski definition) is 8. The number of aromatic hydroxyl groups is 1. The van der Waals surface area contributed by atoms with Crippen LogP contribution in [0.25, 0.3) is 11.0 Å². The molecule has 1 aliphatic heterocycles. The molecule has 0 fully saturated rings. The summed E-state index contributed by atoms with van der Waals surface area (Å²) in [6.07, 6.45) is 0. The van der Waals surface area contributed by atoms with Gasteiger partial charge in [0.25, 0.3) is 5.91 Å². The summed E-state index contributed by atoms with van der Waals surface area (Å²) < 4.78 is 25.3. The van der Waals surface area contributed by atoms with E-state index in [9.17, 15) is 23.9 Å². The zero-order valence-corrected chi connectivity index (χ0v) is 19.7. The average molecular weight is 495 g/mol. The number of anilines is 1. The maximum absolute atomic E-state index is 14.0. The first-order valence-corrected chi connectivity index (χ1v) is 11.6. The van der Waals surface area contributed by atoms with Crippen molar-refractivity contribution in [3.05, 3.63) is 79.9 Å². The van der Waals surface area contributed by atoms with Crippen LogP contribution in [0, 0.1) is 12.7 Å². The molecule has 0 aliphatic carbocycles. The third-order valence-corrected chi connectivity index (χ3v) is 7.00. The van der Waals surface area contributed by atoms with Gasteiger partial charge in [0.2, 0.25) is 5.76 Å². The van der Waals surface area contributed by atoms with E-state index < -0.39 is 23.2 Å². The summed E-state index contributed by atoms with van der Waals surface area (Å²) in [6, 6.07) is 6.98. The molecule has 178 valence electrons. The van der Waals surface area contributed by atoms with Gasteiger partial charge in [0.1, 0.15) is 11.4 Å². The number of benzene rings is 2. The number of amides is 1. The lowest BCUT2D eigenvalue weighted by Gasteiger charge is -2.23. The maximum Gasteiger partial charge on any atom is 0.297 e. The molecule has 1 N–H and O–H groups in total. The Hall–Kier alpha value is -4.05. The highest BCUT2D eigenvalue weighted by Crippen LogP contribution is 2.44. The SMILES string of the molecule is CCOc1cc(C2c3c(oc4ccc(F)cc4c3=O)C(=O)N2c2nc(C)c(C(C)=O)s2)ccc1O. The number of aromatic nitrogens is 1. The molecule has 4 aromatic rings. The van der Waals surface area contributed by atoms with Gasteiger partial charge in [-0.15, -0.1) is 0 Å². The molecular weight excluding hydrogens is 475 g/mol. The van der Waals surface area contributed by atoms with Gasteiger partial charge in [0.05, 0.1) is 34.2 Å². The molecule has 8 nitrogen and oxygen atoms in total. The second-order valence-electron chi connectivity index (χ2n) is 8.02. The normalized spacial score (nSPS) is 15.0. The standard InChI is InChI=1S/C25H19FN2O6S/c1-4-33-18-9-13(5-7-16(18)30)20-19-21(31)15-10-14(26)6-8-17(15)34-22(19)24(32)28(20)25-27-11(2)23(35-25)12(3)29/h5-10,20,30H,4H2,1-3H3. The fourth-order valence-corrected chi connectivity index (χ4v) is 5.23. The molecule has 1 unspecified atom stereocenters. The molecule has 2 aromatic carbocycles. The first kappa shape index (κ1) is 22.7. The van der Waals surface area contributed by atoms with Gasteiger partial charge < -0.3 is 14.3 Å². The minimum atomic E-state index is -1.01. The monoisotopic (exact) mass is 494 g/mol. The van der Waals surface area contributed by atoms with E-state index in [-0.39, 0.29) is 51.3 Å². The van der Waals surface area contributed by atoms with Crippen molar-refractivity contribution in [2.45, 2.75) is 26.8 Å². The highest BCUT2D eigenvalue weighted by molar-refractivity contribution is 7.17. The van der Waals surface area contributed by atoms with Crippen LogP contribution in [-0.2, 0) is 0 Å². The van der Waals surface area contributed by atoms with E-state index >= 15 is 0 Å². The predicted molar refractivity (Wildman–Crippen MR) is 127 cm³/mol. The molecule has 1 amide bonds. The van der Waals surface area contributed by atoms with Crippen LogP contribution in [0.2, 0.25) is 0 Å². The average Bonchev–Trinajstić information content (AvgIpc) is 3.34. The van der Waals surface area contributed by atoms with Gasteiger partial charge in [0, 0.05) is 6.92 Å². The minimum Gasteiger partial charge on any atom is -0.504 e. The molecule has 5 rings (SSSR count). The molecule has 0 saturated carbocycles. The number of fused-ring (bicyclic) bond motifs is 2. The topological polar surface area (TPSA) is 110 Å². The van der Waals surface area contributed by atoms with E-state index in [1.54, 1.807) is 19.9 Å². The molecule has 10 heteroatoms. The van der Waals surface area contributed by atoms with Gasteiger partial charge in [-0.3, -0.25) is 19.3 Å². The summed E-state index contributed by atoms with van der Waals surface area (Å²) in [5, 5.41) is 10.4. The number of ether oxygens (including phenoxy) is 1. The highest BCUT2D eigenvalue weighted by Gasteiger charge is 2.45. The summed E-state index contributed by atoms with van der Waals surface area (Å²) >= 11 is 1.03. The van der Waals surface area contributed by atoms with Gasteiger partial charge in [-0.05, 0) is 49.7 Å². The lowest BCUT2D eigenvalue weighted by molar-refractivity contribution is 0.0969. The van der Waals surface area contributed by atoms with Crippen molar-refractivity contribution in [3.8, 4) is 11.5 Å². The summed E-state index contributed by atoms with van der Waals surface area (Å²) in [7, 11) is 0. The van der Waals surface area contributed by atoms with Crippen molar-refractivity contribution in [2.24, 2.45) is 0 Å². The molecule has 3 heterocycles. The number of aryl methyl sites for hydroxylation is 1. The van der Waals surface area contributed by atoms with Crippen LogP contribution in [0.4, 0.5) is 9.52 Å². The first-order chi connectivity index (χ1) is 16.7. The van der Waals surface area contributed by atoms with E-state index in [1.165, 1.54) is 30.0 Å². The Balaban J connectivity index is 1.80. The Morgan fingerprint density at radius 1 is 1.26 bits per heavy atom. The number of rotatable bonds is 5. The van der Waals surface area contributed by atoms with Gasteiger partial charge in [-0.2, -0.15) is 0 Å². The third-order valence-electron chi connectivity index (χ3n) is 5.74. The molecule has 2 aromatic heterocycles. The number of hydrogen-bond donors (Lipinski definition) is 1. The maximum atomic E-state index is 14.0. The van der Waals surface area contributed by atoms with Crippen molar-refractivity contribution in [3.63, 3.8) is 0 Å². The zero-order chi connectivity index (χ0) is 25.0. The smallest absolute Gasteiger partial charge is 0.297 e. The summed E-state index contributed by atoms with van der Waals surface area (Å²) in [5.41, 5.74) is 0.418. The quantitative estimate of drug-likeness (QED) is 0.399. The Morgan fingerprint density at radius 3 is 2.71 bits per heavy atom. The zero-order valence-electron chi connectivity index (χ0n) is 18.9. The van der Waals surface area contributed by atoms with E-state index in [0.29, 0.717) is 16.1 Å². The van der Waals surface area contributed by atoms with Gasteiger partial charge in [-0.1, -0.05) is 17.4 Å². The number of carbonyl (C=O) groups is 2. The Morgan fingerprint density at radius 2 is 2.03 bits per heavy atom. The van der Waals surface area contributed by atoms with Crippen molar-refractivity contribution in [1.29, 1.82) is 0 Å². The molecule has 0 radical (unpaired) electrons. The van der Waals surface area contributed by atoms with Crippen LogP contribution in [-0.4, -0.2) is 28.4 Å². The van der Waals surface area contributed by atoms with Gasteiger partial charge in [0.15, 0.2) is 27.8 Å². The van der Waals surface area contributed by atoms with Crippen LogP contribution < -0.4 is 15.1 Å². The van der Waals surface area contributed by atoms with Crippen LogP contribution in [0.3, 0.4) is 0 Å². The third kappa shape index (κ3) is 3.57. The molecule has 1 atom stereocenters. The number of phenols is 1. The Kier molecular flexibility index (Phi) is 5.40. The van der Waals surface area contributed by atoms with E-state index in [1.807, 2.05) is 0 Å². The number of ketones is 1. The number of thiazole rings is 1. The van der Waals surface area contributed by atoms with Crippen LogP contribution >= 0.6 is 11.3 Å². The summed E-state index contributed by atoms with van der Waals surface area (Å²) in [6.45, 7) is 5.10. The lowest BCUT2D eigenvalue weighted by Crippen LogP contribution is -2.29. The van der Waals surface area contributed by atoms with Crippen molar-refractivity contribution < 1.29 is 28.2 Å². The first-order valence-electron chi connectivity index (χ1n) is 10.7. The largest absolute Gasteiger partial charge is 0.504 e. The highest BCUT2D eigenvalue weighted by atomic mass is 32.1. The van der Waals surface area contributed by atoms with E-state index in [0.717, 1.165) is 23.5 Å². The molecule has 35 heavy (non-hydrogen) atoms. The Labute approximate surface area is 202 Å². The van der Waals surface area contributed by atoms with Crippen molar-refractivity contribution >= 4 is 39.1 Å². The molecule has 0 spiro atoms. The second-order valence-corrected chi connectivity index (χ2v) is 9.00. The van der Waals surface area contributed by atoms with E-state index in [4.69, 9.17) is 9.15 Å². The molecule has 0 saturated heterocycles. The second kappa shape index (κ2) is 8.31. The number of halogens is 1. The molecular formula is C25H19FN2O6S. The van der Waals surface area contributed by atoms with Crippen LogP contribution in [0.1, 0.15) is 56.9 Å². The number of phenolic OH excluding ortho intramolecular Hbond substituents is 1. The van der Waals surface area contributed by atoms with Crippen LogP contribution in [0.15, 0.2) is 45.6 Å². The minimum absolute atomic E-state index is 0.00745. The van der Waals surface area contributed by atoms with Gasteiger partial charge in [-0.25, -0.2) is 9.37 Å².